The molecule has 0 aliphatic carbocycles. The second-order valence-electron chi connectivity index (χ2n) is 6.52. The van der Waals surface area contributed by atoms with Gasteiger partial charge in [-0.1, -0.05) is 12.1 Å². The second kappa shape index (κ2) is 12.2. The van der Waals surface area contributed by atoms with Crippen LogP contribution < -0.4 is 16.2 Å². The largest absolute Gasteiger partial charge is 0.508 e. The van der Waals surface area contributed by atoms with Gasteiger partial charge in [0.05, 0.1) is 6.20 Å². The summed E-state index contributed by atoms with van der Waals surface area (Å²) in [5, 5.41) is 8.73. The van der Waals surface area contributed by atoms with E-state index in [9.17, 15) is 0 Å². The Morgan fingerprint density at radius 1 is 0.742 bits per heavy atom. The van der Waals surface area contributed by atoms with Crippen molar-refractivity contribution in [1.82, 2.24) is 9.97 Å². The highest BCUT2D eigenvalue weighted by Gasteiger charge is 1.97. The number of ether oxygens (including phenoxy) is 1. The zero-order chi connectivity index (χ0) is 22.6. The lowest BCUT2D eigenvalue weighted by Crippen LogP contribution is -1.88. The number of rotatable bonds is 2. The van der Waals surface area contributed by atoms with Crippen molar-refractivity contribution >= 4 is 27.3 Å². The summed E-state index contributed by atoms with van der Waals surface area (Å²) in [7, 11) is 0. The highest BCUT2D eigenvalue weighted by molar-refractivity contribution is 9.10. The maximum atomic E-state index is 8.73. The Balaban J connectivity index is 0.000000181. The Hall–Kier alpha value is -3.58. The van der Waals surface area contributed by atoms with Crippen LogP contribution in [0.15, 0.2) is 89.7 Å². The van der Waals surface area contributed by atoms with Crippen molar-refractivity contribution in [1.29, 1.82) is 0 Å². The molecule has 0 atom stereocenters. The van der Waals surface area contributed by atoms with Gasteiger partial charge in [-0.05, 0) is 78.3 Å². The van der Waals surface area contributed by atoms with E-state index in [0.717, 1.165) is 21.6 Å². The minimum atomic E-state index is 0.213. The Morgan fingerprint density at radius 3 is 1.81 bits per heavy atom. The van der Waals surface area contributed by atoms with Crippen LogP contribution in [0.2, 0.25) is 0 Å². The van der Waals surface area contributed by atoms with E-state index < -0.39 is 0 Å². The number of aryl methyl sites for hydroxylation is 2. The molecule has 0 amide bonds. The van der Waals surface area contributed by atoms with Crippen molar-refractivity contribution < 1.29 is 9.84 Å². The van der Waals surface area contributed by atoms with Gasteiger partial charge in [0.15, 0.2) is 0 Å². The maximum Gasteiger partial charge on any atom is 0.145 e. The lowest BCUT2D eigenvalue weighted by molar-refractivity contribution is 0.475. The topological polar surface area (TPSA) is 107 Å². The standard InChI is InChI=1S/C12H12N2O.C6H6BrN.C6H7NO/c1-9-5-6-12(8-14-9)15-11-4-2-3-10(13)7-11;1-5-2-3-6(7)4-8-5;7-5-2-1-3-6(8)4-5/h2-8H,13H2,1H3;2-4H,1H3;1-4,8H,7H2. The van der Waals surface area contributed by atoms with E-state index in [0.29, 0.717) is 17.1 Å². The molecule has 0 aliphatic heterocycles. The summed E-state index contributed by atoms with van der Waals surface area (Å²) in [6.07, 6.45) is 3.48. The zero-order valence-corrected chi connectivity index (χ0v) is 19.0. The Bertz CT molecular complexity index is 1030. The Morgan fingerprint density at radius 2 is 1.35 bits per heavy atom. The first-order valence-electron chi connectivity index (χ1n) is 9.40. The first kappa shape index (κ1) is 23.7. The fourth-order valence-electron chi connectivity index (χ4n) is 2.20. The summed E-state index contributed by atoms with van der Waals surface area (Å²) in [4.78, 5) is 8.17. The summed E-state index contributed by atoms with van der Waals surface area (Å²) in [5.41, 5.74) is 14.2. The van der Waals surface area contributed by atoms with Crippen molar-refractivity contribution in [3.05, 3.63) is 101 Å². The third-order valence-electron chi connectivity index (χ3n) is 3.72. The summed E-state index contributed by atoms with van der Waals surface area (Å²) >= 11 is 3.28. The van der Waals surface area contributed by atoms with Crippen LogP contribution in [0.3, 0.4) is 0 Å². The van der Waals surface area contributed by atoms with Crippen LogP contribution in [0.25, 0.3) is 0 Å². The molecule has 160 valence electrons. The molecule has 4 rings (SSSR count). The number of phenols is 1. The number of hydrogen-bond acceptors (Lipinski definition) is 6. The SMILES string of the molecule is Cc1ccc(Br)cn1.Cc1ccc(Oc2cccc(N)c2)cn1.Nc1cccc(O)c1. The molecule has 0 radical (unpaired) electrons. The van der Waals surface area contributed by atoms with Crippen molar-refractivity contribution in [2.45, 2.75) is 13.8 Å². The minimum Gasteiger partial charge on any atom is -0.508 e. The first-order valence-corrected chi connectivity index (χ1v) is 10.2. The van der Waals surface area contributed by atoms with Crippen LogP contribution >= 0.6 is 15.9 Å². The number of aromatic nitrogens is 2. The molecule has 6 nitrogen and oxygen atoms in total. The lowest BCUT2D eigenvalue weighted by Gasteiger charge is -2.05. The first-order chi connectivity index (χ1) is 14.8. The number of halogens is 1. The second-order valence-corrected chi connectivity index (χ2v) is 7.44. The normalized spacial score (nSPS) is 9.52. The van der Waals surface area contributed by atoms with E-state index in [2.05, 4.69) is 25.9 Å². The van der Waals surface area contributed by atoms with E-state index in [-0.39, 0.29) is 5.75 Å². The van der Waals surface area contributed by atoms with Crippen molar-refractivity contribution in [3.8, 4) is 17.2 Å². The number of nitrogens with two attached hydrogens (primary N) is 2. The molecule has 2 aromatic carbocycles. The minimum absolute atomic E-state index is 0.213. The third kappa shape index (κ3) is 9.64. The molecule has 4 aromatic rings. The van der Waals surface area contributed by atoms with Gasteiger partial charge in [0.1, 0.15) is 17.2 Å². The molecular weight excluding hydrogens is 456 g/mol. The molecule has 0 unspecified atom stereocenters. The van der Waals surface area contributed by atoms with E-state index >= 15 is 0 Å². The van der Waals surface area contributed by atoms with Crippen molar-refractivity contribution in [2.75, 3.05) is 11.5 Å². The number of anilines is 2. The van der Waals surface area contributed by atoms with Crippen LogP contribution in [0, 0.1) is 13.8 Å². The van der Waals surface area contributed by atoms with Gasteiger partial charge in [-0.25, -0.2) is 0 Å². The number of phenolic OH excluding ortho intramolecular Hbond substituents is 1. The fourth-order valence-corrected chi connectivity index (χ4v) is 2.44. The van der Waals surface area contributed by atoms with E-state index in [1.807, 2.05) is 56.3 Å². The van der Waals surface area contributed by atoms with E-state index in [4.69, 9.17) is 21.3 Å². The van der Waals surface area contributed by atoms with Crippen molar-refractivity contribution in [2.24, 2.45) is 0 Å². The molecule has 0 saturated carbocycles. The van der Waals surface area contributed by atoms with Gasteiger partial charge in [-0.3, -0.25) is 9.97 Å². The fraction of sp³-hybridized carbons (Fsp3) is 0.0833. The monoisotopic (exact) mass is 480 g/mol. The molecule has 2 aromatic heterocycles. The molecule has 7 heteroatoms. The summed E-state index contributed by atoms with van der Waals surface area (Å²) in [6, 6.07) is 21.5. The molecule has 31 heavy (non-hydrogen) atoms. The molecule has 0 fully saturated rings. The molecule has 0 spiro atoms. The predicted octanol–water partition coefficient (Wildman–Crippen LogP) is 5.89. The highest BCUT2D eigenvalue weighted by atomic mass is 79.9. The average molecular weight is 481 g/mol. The molecule has 5 N–H and O–H groups in total. The summed E-state index contributed by atoms with van der Waals surface area (Å²) in [6.45, 7) is 3.90. The number of pyridine rings is 2. The van der Waals surface area contributed by atoms with Crippen molar-refractivity contribution in [3.63, 3.8) is 0 Å². The lowest BCUT2D eigenvalue weighted by atomic mass is 10.3. The molecular formula is C24H25BrN4O2. The van der Waals surface area contributed by atoms with Gasteiger partial charge >= 0.3 is 0 Å². The maximum absolute atomic E-state index is 8.73. The van der Waals surface area contributed by atoms with E-state index in [1.54, 1.807) is 36.7 Å². The number of nitrogens with zero attached hydrogens (tertiary/aromatic N) is 2. The average Bonchev–Trinajstić information content (AvgIpc) is 2.73. The van der Waals surface area contributed by atoms with Crippen LogP contribution in [0.4, 0.5) is 11.4 Å². The Labute approximate surface area is 190 Å². The van der Waals surface area contributed by atoms with Gasteiger partial charge in [0.25, 0.3) is 0 Å². The summed E-state index contributed by atoms with van der Waals surface area (Å²) in [5.74, 6) is 1.65. The molecule has 0 aliphatic rings. The van der Waals surface area contributed by atoms with E-state index in [1.165, 1.54) is 6.07 Å². The predicted molar refractivity (Wildman–Crippen MR) is 129 cm³/mol. The quantitative estimate of drug-likeness (QED) is 0.308. The van der Waals surface area contributed by atoms with Gasteiger partial charge in [0.2, 0.25) is 0 Å². The van der Waals surface area contributed by atoms with Gasteiger partial charge in [-0.15, -0.1) is 0 Å². The zero-order valence-electron chi connectivity index (χ0n) is 17.4. The van der Waals surface area contributed by atoms with Gasteiger partial charge < -0.3 is 21.3 Å². The Kier molecular flexibility index (Phi) is 9.32. The third-order valence-corrected chi connectivity index (χ3v) is 4.19. The summed E-state index contributed by atoms with van der Waals surface area (Å²) < 4.78 is 6.60. The van der Waals surface area contributed by atoms with Gasteiger partial charge in [0, 0.05) is 45.6 Å². The number of aromatic hydroxyl groups is 1. The number of hydrogen-bond donors (Lipinski definition) is 3. The van der Waals surface area contributed by atoms with Crippen LogP contribution in [-0.4, -0.2) is 15.1 Å². The van der Waals surface area contributed by atoms with Gasteiger partial charge in [-0.2, -0.15) is 0 Å². The van der Waals surface area contributed by atoms with Crippen LogP contribution in [0.5, 0.6) is 17.2 Å². The molecule has 2 heterocycles. The highest BCUT2D eigenvalue weighted by Crippen LogP contribution is 2.22. The molecule has 0 bridgehead atoms. The number of nitrogen functional groups attached to an aromatic ring is 2. The smallest absolute Gasteiger partial charge is 0.145 e. The van der Waals surface area contributed by atoms with Crippen LogP contribution in [0.1, 0.15) is 11.4 Å². The number of benzene rings is 2. The van der Waals surface area contributed by atoms with Crippen LogP contribution in [-0.2, 0) is 0 Å². The molecule has 0 saturated heterocycles.